The lowest BCUT2D eigenvalue weighted by atomic mass is 10.3. The summed E-state index contributed by atoms with van der Waals surface area (Å²) in [5.41, 5.74) is 0. The van der Waals surface area contributed by atoms with E-state index < -0.39 is 0 Å². The first-order valence-corrected chi connectivity index (χ1v) is 4.22. The van der Waals surface area contributed by atoms with Crippen LogP contribution in [-0.4, -0.2) is 44.7 Å². The van der Waals surface area contributed by atoms with E-state index in [0.717, 1.165) is 6.54 Å². The van der Waals surface area contributed by atoms with Crippen LogP contribution in [0.15, 0.2) is 12.3 Å². The lowest BCUT2D eigenvalue weighted by molar-refractivity contribution is -0.134. The molecule has 0 rings (SSSR count). The molecule has 0 saturated carbocycles. The first-order chi connectivity index (χ1) is 6.07. The predicted molar refractivity (Wildman–Crippen MR) is 52.3 cm³/mol. The fourth-order valence-corrected chi connectivity index (χ4v) is 0.616. The maximum absolute atomic E-state index is 10.6. The summed E-state index contributed by atoms with van der Waals surface area (Å²) in [5.74, 6) is -0.343. The summed E-state index contributed by atoms with van der Waals surface area (Å²) in [6.45, 7) is 2.90. The highest BCUT2D eigenvalue weighted by molar-refractivity contribution is 5.81. The van der Waals surface area contributed by atoms with Gasteiger partial charge in [-0.25, -0.2) is 4.79 Å². The van der Waals surface area contributed by atoms with Gasteiger partial charge < -0.3 is 15.0 Å². The standard InChI is InChI=1S/C9H18N2O2/c1-8(11(2)3)7-10-6-5-9(12)13-4/h5-6,8,10H,7H2,1-4H3. The van der Waals surface area contributed by atoms with Crippen LogP contribution in [0.3, 0.4) is 0 Å². The van der Waals surface area contributed by atoms with Crippen molar-refractivity contribution in [3.8, 4) is 0 Å². The molecule has 0 amide bonds. The number of nitrogens with zero attached hydrogens (tertiary/aromatic N) is 1. The molecule has 76 valence electrons. The molecular formula is C9H18N2O2. The number of nitrogens with one attached hydrogen (secondary N) is 1. The SMILES string of the molecule is COC(=O)C=CNCC(C)N(C)C. The minimum atomic E-state index is -0.343. The van der Waals surface area contributed by atoms with E-state index in [1.54, 1.807) is 6.20 Å². The highest BCUT2D eigenvalue weighted by Crippen LogP contribution is 1.87. The van der Waals surface area contributed by atoms with Crippen LogP contribution in [0.5, 0.6) is 0 Å². The third-order valence-corrected chi connectivity index (χ3v) is 1.83. The quantitative estimate of drug-likeness (QED) is 0.492. The van der Waals surface area contributed by atoms with Gasteiger partial charge in [0.2, 0.25) is 0 Å². The van der Waals surface area contributed by atoms with E-state index in [1.807, 2.05) is 14.1 Å². The zero-order valence-electron chi connectivity index (χ0n) is 8.70. The maximum Gasteiger partial charge on any atom is 0.331 e. The van der Waals surface area contributed by atoms with E-state index in [-0.39, 0.29) is 5.97 Å². The average Bonchev–Trinajstić information content (AvgIpc) is 2.11. The molecule has 0 aliphatic carbocycles. The van der Waals surface area contributed by atoms with Crippen LogP contribution in [0, 0.1) is 0 Å². The molecule has 13 heavy (non-hydrogen) atoms. The molecule has 0 heterocycles. The minimum Gasteiger partial charge on any atom is -0.466 e. The number of likely N-dealkylation sites (N-methyl/N-ethyl adjacent to an activating group) is 1. The normalized spacial score (nSPS) is 13.3. The summed E-state index contributed by atoms with van der Waals surface area (Å²) in [6.07, 6.45) is 2.97. The van der Waals surface area contributed by atoms with Crippen LogP contribution < -0.4 is 5.32 Å². The maximum atomic E-state index is 10.6. The van der Waals surface area contributed by atoms with Crippen LogP contribution in [0.2, 0.25) is 0 Å². The molecule has 0 bridgehead atoms. The van der Waals surface area contributed by atoms with Crippen LogP contribution in [0.4, 0.5) is 0 Å². The molecule has 0 aliphatic rings. The van der Waals surface area contributed by atoms with Gasteiger partial charge in [-0.2, -0.15) is 0 Å². The van der Waals surface area contributed by atoms with Crippen molar-refractivity contribution in [1.82, 2.24) is 10.2 Å². The molecule has 4 heteroatoms. The lowest BCUT2D eigenvalue weighted by Gasteiger charge is -2.19. The Morgan fingerprint density at radius 2 is 2.23 bits per heavy atom. The monoisotopic (exact) mass is 186 g/mol. The van der Waals surface area contributed by atoms with Crippen LogP contribution in [0.1, 0.15) is 6.92 Å². The zero-order valence-corrected chi connectivity index (χ0v) is 8.70. The van der Waals surface area contributed by atoms with Crippen molar-refractivity contribution in [2.75, 3.05) is 27.7 Å². The zero-order chi connectivity index (χ0) is 10.3. The molecule has 1 N–H and O–H groups in total. The number of carbonyl (C=O) groups excluding carboxylic acids is 1. The van der Waals surface area contributed by atoms with E-state index in [4.69, 9.17) is 0 Å². The molecule has 0 aromatic carbocycles. The van der Waals surface area contributed by atoms with Gasteiger partial charge in [0.25, 0.3) is 0 Å². The molecule has 0 aromatic rings. The van der Waals surface area contributed by atoms with E-state index in [2.05, 4.69) is 21.9 Å². The average molecular weight is 186 g/mol. The Bertz CT molecular complexity index is 178. The Balaban J connectivity index is 3.55. The number of methoxy groups -OCH3 is 1. The van der Waals surface area contributed by atoms with Gasteiger partial charge in [-0.1, -0.05) is 0 Å². The van der Waals surface area contributed by atoms with Crippen molar-refractivity contribution in [2.24, 2.45) is 0 Å². The molecular weight excluding hydrogens is 168 g/mol. The molecule has 0 fully saturated rings. The smallest absolute Gasteiger partial charge is 0.331 e. The second-order valence-corrected chi connectivity index (χ2v) is 3.08. The van der Waals surface area contributed by atoms with E-state index >= 15 is 0 Å². The van der Waals surface area contributed by atoms with Crippen molar-refractivity contribution in [2.45, 2.75) is 13.0 Å². The Hall–Kier alpha value is -1.03. The third kappa shape index (κ3) is 6.16. The van der Waals surface area contributed by atoms with Gasteiger partial charge >= 0.3 is 5.97 Å². The molecule has 1 unspecified atom stereocenters. The number of rotatable bonds is 5. The van der Waals surface area contributed by atoms with Crippen molar-refractivity contribution >= 4 is 5.97 Å². The van der Waals surface area contributed by atoms with E-state index in [1.165, 1.54) is 13.2 Å². The Kier molecular flexibility index (Phi) is 5.97. The minimum absolute atomic E-state index is 0.343. The first-order valence-electron chi connectivity index (χ1n) is 4.22. The molecule has 0 spiro atoms. The highest BCUT2D eigenvalue weighted by Gasteiger charge is 2.01. The number of esters is 1. The second kappa shape index (κ2) is 6.48. The van der Waals surface area contributed by atoms with Crippen LogP contribution >= 0.6 is 0 Å². The predicted octanol–water partition coefficient (Wildman–Crippen LogP) is 0.213. The molecule has 0 aliphatic heterocycles. The number of hydrogen-bond donors (Lipinski definition) is 1. The van der Waals surface area contributed by atoms with Crippen molar-refractivity contribution in [3.05, 3.63) is 12.3 Å². The number of ether oxygens (including phenoxy) is 1. The topological polar surface area (TPSA) is 41.6 Å². The van der Waals surface area contributed by atoms with Gasteiger partial charge in [-0.05, 0) is 21.0 Å². The van der Waals surface area contributed by atoms with Crippen molar-refractivity contribution in [1.29, 1.82) is 0 Å². The van der Waals surface area contributed by atoms with Crippen LogP contribution in [0.25, 0.3) is 0 Å². The Labute approximate surface area is 79.6 Å². The summed E-state index contributed by atoms with van der Waals surface area (Å²) in [7, 11) is 5.38. The molecule has 0 aromatic heterocycles. The summed E-state index contributed by atoms with van der Waals surface area (Å²) < 4.78 is 4.43. The molecule has 0 radical (unpaired) electrons. The molecule has 4 nitrogen and oxygen atoms in total. The van der Waals surface area contributed by atoms with Crippen LogP contribution in [-0.2, 0) is 9.53 Å². The fraction of sp³-hybridized carbons (Fsp3) is 0.667. The number of hydrogen-bond acceptors (Lipinski definition) is 4. The van der Waals surface area contributed by atoms with Crippen molar-refractivity contribution < 1.29 is 9.53 Å². The second-order valence-electron chi connectivity index (χ2n) is 3.08. The molecule has 0 saturated heterocycles. The third-order valence-electron chi connectivity index (χ3n) is 1.83. The van der Waals surface area contributed by atoms with Crippen molar-refractivity contribution in [3.63, 3.8) is 0 Å². The number of carbonyl (C=O) groups is 1. The summed E-state index contributed by atoms with van der Waals surface area (Å²) in [6, 6.07) is 0.433. The summed E-state index contributed by atoms with van der Waals surface area (Å²) >= 11 is 0. The fourth-order valence-electron chi connectivity index (χ4n) is 0.616. The largest absolute Gasteiger partial charge is 0.466 e. The van der Waals surface area contributed by atoms with E-state index in [9.17, 15) is 4.79 Å². The summed E-state index contributed by atoms with van der Waals surface area (Å²) in [4.78, 5) is 12.7. The van der Waals surface area contributed by atoms with E-state index in [0.29, 0.717) is 6.04 Å². The van der Waals surface area contributed by atoms with Gasteiger partial charge in [0.05, 0.1) is 7.11 Å². The van der Waals surface area contributed by atoms with Gasteiger partial charge in [0, 0.05) is 24.9 Å². The Morgan fingerprint density at radius 3 is 2.69 bits per heavy atom. The first kappa shape index (κ1) is 12.0. The Morgan fingerprint density at radius 1 is 1.62 bits per heavy atom. The lowest BCUT2D eigenvalue weighted by Crippen LogP contribution is -2.33. The highest BCUT2D eigenvalue weighted by atomic mass is 16.5. The molecule has 1 atom stereocenters. The summed E-state index contributed by atoms with van der Waals surface area (Å²) in [5, 5.41) is 3.01. The van der Waals surface area contributed by atoms with Gasteiger partial charge in [-0.3, -0.25) is 0 Å². The van der Waals surface area contributed by atoms with Gasteiger partial charge in [0.1, 0.15) is 0 Å². The van der Waals surface area contributed by atoms with Gasteiger partial charge in [-0.15, -0.1) is 0 Å². The van der Waals surface area contributed by atoms with Gasteiger partial charge in [0.15, 0.2) is 0 Å².